The van der Waals surface area contributed by atoms with Crippen LogP contribution in [0.5, 0.6) is 5.75 Å². The van der Waals surface area contributed by atoms with Crippen LogP contribution < -0.4 is 15.0 Å². The van der Waals surface area contributed by atoms with Gasteiger partial charge in [0.15, 0.2) is 0 Å². The number of anilines is 1. The molecule has 1 aromatic heterocycles. The molecular formula is C28H34N4O4S. The summed E-state index contributed by atoms with van der Waals surface area (Å²) in [5.74, 6) is 1.73. The average molecular weight is 523 g/mol. The number of benzene rings is 2. The molecule has 0 saturated carbocycles. The molecule has 1 amide bonds. The lowest BCUT2D eigenvalue weighted by molar-refractivity contribution is -0.125. The van der Waals surface area contributed by atoms with Gasteiger partial charge in [-0.2, -0.15) is 4.31 Å². The molecular weight excluding hydrogens is 488 g/mol. The third-order valence-electron chi connectivity index (χ3n) is 7.41. The number of rotatable bonds is 7. The van der Waals surface area contributed by atoms with Gasteiger partial charge in [-0.1, -0.05) is 18.6 Å². The van der Waals surface area contributed by atoms with Crippen LogP contribution in [0.4, 0.5) is 5.82 Å². The smallest absolute Gasteiger partial charge is 0.243 e. The van der Waals surface area contributed by atoms with Crippen molar-refractivity contribution in [2.45, 2.75) is 43.5 Å². The standard InChI is InChI=1S/C28H34N4O4S/c1-36-24-8-5-21(6-9-24)20-29-28(33)22-13-17-31(18-14-22)27-12-7-23-19-25(10-11-26(23)30-27)37(34,35)32-15-3-2-4-16-32/h5-12,19,22H,2-4,13-18,20H2,1H3,(H,29,33). The van der Waals surface area contributed by atoms with Crippen LogP contribution in [0.25, 0.3) is 10.9 Å². The molecule has 2 aliphatic rings. The van der Waals surface area contributed by atoms with Crippen molar-refractivity contribution in [3.05, 3.63) is 60.2 Å². The number of fused-ring (bicyclic) bond motifs is 1. The summed E-state index contributed by atoms with van der Waals surface area (Å²) in [6.07, 6.45) is 4.45. The second-order valence-electron chi connectivity index (χ2n) is 9.82. The fraction of sp³-hybridized carbons (Fsp3) is 0.429. The van der Waals surface area contributed by atoms with Crippen LogP contribution in [-0.2, 0) is 21.4 Å². The quantitative estimate of drug-likeness (QED) is 0.505. The first-order valence-electron chi connectivity index (χ1n) is 13.0. The molecule has 9 heteroatoms. The van der Waals surface area contributed by atoms with Crippen molar-refractivity contribution >= 4 is 32.7 Å². The second kappa shape index (κ2) is 11.1. The Bertz CT molecular complexity index is 1350. The molecule has 0 unspecified atom stereocenters. The van der Waals surface area contributed by atoms with Crippen molar-refractivity contribution in [1.82, 2.24) is 14.6 Å². The minimum atomic E-state index is -3.47. The molecule has 196 valence electrons. The Hall–Kier alpha value is -3.17. The van der Waals surface area contributed by atoms with Crippen molar-refractivity contribution in [2.75, 3.05) is 38.2 Å². The topological polar surface area (TPSA) is 91.8 Å². The van der Waals surface area contributed by atoms with E-state index >= 15 is 0 Å². The zero-order valence-electron chi connectivity index (χ0n) is 21.2. The third-order valence-corrected chi connectivity index (χ3v) is 9.31. The SMILES string of the molecule is COc1ccc(CNC(=O)C2CCN(c3ccc4cc(S(=O)(=O)N5CCCCC5)ccc4n3)CC2)cc1. The zero-order valence-corrected chi connectivity index (χ0v) is 22.0. The van der Waals surface area contributed by atoms with E-state index in [-0.39, 0.29) is 11.8 Å². The summed E-state index contributed by atoms with van der Waals surface area (Å²) in [5.41, 5.74) is 1.81. The number of nitrogens with one attached hydrogen (secondary N) is 1. The molecule has 8 nitrogen and oxygen atoms in total. The van der Waals surface area contributed by atoms with Crippen molar-refractivity contribution in [1.29, 1.82) is 0 Å². The molecule has 0 spiro atoms. The first kappa shape index (κ1) is 25.5. The van der Waals surface area contributed by atoms with E-state index in [2.05, 4.69) is 10.2 Å². The highest BCUT2D eigenvalue weighted by molar-refractivity contribution is 7.89. The zero-order chi connectivity index (χ0) is 25.8. The van der Waals surface area contributed by atoms with E-state index in [1.165, 1.54) is 0 Å². The summed E-state index contributed by atoms with van der Waals surface area (Å²) in [4.78, 5) is 20.0. The lowest BCUT2D eigenvalue weighted by atomic mass is 9.95. The van der Waals surface area contributed by atoms with Crippen LogP contribution in [0, 0.1) is 5.92 Å². The van der Waals surface area contributed by atoms with Gasteiger partial charge in [0.2, 0.25) is 15.9 Å². The Kier molecular flexibility index (Phi) is 7.62. The predicted molar refractivity (Wildman–Crippen MR) is 144 cm³/mol. The van der Waals surface area contributed by atoms with Crippen LogP contribution in [-0.4, -0.2) is 56.9 Å². The van der Waals surface area contributed by atoms with Crippen LogP contribution in [0.1, 0.15) is 37.7 Å². The number of piperidine rings is 2. The summed E-state index contributed by atoms with van der Waals surface area (Å²) in [6.45, 7) is 3.19. The fourth-order valence-electron chi connectivity index (χ4n) is 5.13. The summed E-state index contributed by atoms with van der Waals surface area (Å²) >= 11 is 0. The second-order valence-corrected chi connectivity index (χ2v) is 11.8. The number of nitrogens with zero attached hydrogens (tertiary/aromatic N) is 3. The summed E-state index contributed by atoms with van der Waals surface area (Å²) in [6, 6.07) is 16.8. The van der Waals surface area contributed by atoms with Crippen molar-refractivity contribution in [2.24, 2.45) is 5.92 Å². The number of sulfonamides is 1. The maximum Gasteiger partial charge on any atom is 0.243 e. The molecule has 0 bridgehead atoms. The Balaban J connectivity index is 1.18. The highest BCUT2D eigenvalue weighted by atomic mass is 32.2. The molecule has 2 aliphatic heterocycles. The van der Waals surface area contributed by atoms with Gasteiger partial charge in [-0.15, -0.1) is 0 Å². The lowest BCUT2D eigenvalue weighted by Gasteiger charge is -2.32. The number of ether oxygens (including phenoxy) is 1. The van der Waals surface area contributed by atoms with Gasteiger partial charge in [0.05, 0.1) is 17.5 Å². The molecule has 2 fully saturated rings. The molecule has 2 aromatic carbocycles. The number of hydrogen-bond donors (Lipinski definition) is 1. The van der Waals surface area contributed by atoms with Gasteiger partial charge in [0, 0.05) is 44.0 Å². The highest BCUT2D eigenvalue weighted by Gasteiger charge is 2.27. The molecule has 1 N–H and O–H groups in total. The third kappa shape index (κ3) is 5.72. The molecule has 2 saturated heterocycles. The largest absolute Gasteiger partial charge is 0.497 e. The van der Waals surface area contributed by atoms with E-state index in [0.29, 0.717) is 24.5 Å². The monoisotopic (exact) mass is 522 g/mol. The van der Waals surface area contributed by atoms with Gasteiger partial charge >= 0.3 is 0 Å². The first-order valence-corrected chi connectivity index (χ1v) is 14.4. The molecule has 0 aliphatic carbocycles. The van der Waals surface area contributed by atoms with E-state index < -0.39 is 10.0 Å². The van der Waals surface area contributed by atoms with Crippen LogP contribution in [0.3, 0.4) is 0 Å². The molecule has 0 atom stereocenters. The molecule has 3 aromatic rings. The van der Waals surface area contributed by atoms with Gasteiger partial charge in [-0.3, -0.25) is 4.79 Å². The average Bonchev–Trinajstić information content (AvgIpc) is 2.96. The van der Waals surface area contributed by atoms with E-state index in [1.54, 1.807) is 29.6 Å². The van der Waals surface area contributed by atoms with Gasteiger partial charge in [0.25, 0.3) is 0 Å². The van der Waals surface area contributed by atoms with Crippen molar-refractivity contribution < 1.29 is 17.9 Å². The molecule has 37 heavy (non-hydrogen) atoms. The van der Waals surface area contributed by atoms with Crippen LogP contribution >= 0.6 is 0 Å². The number of hydrogen-bond acceptors (Lipinski definition) is 6. The molecule has 5 rings (SSSR count). The minimum Gasteiger partial charge on any atom is -0.497 e. The van der Waals surface area contributed by atoms with Crippen LogP contribution in [0.15, 0.2) is 59.5 Å². The van der Waals surface area contributed by atoms with Gasteiger partial charge < -0.3 is 15.0 Å². The number of carbonyl (C=O) groups excluding carboxylic acids is 1. The molecule has 3 heterocycles. The van der Waals surface area contributed by atoms with Gasteiger partial charge in [0.1, 0.15) is 11.6 Å². The number of carbonyl (C=O) groups is 1. The number of amides is 1. The first-order chi connectivity index (χ1) is 17.9. The van der Waals surface area contributed by atoms with Crippen molar-refractivity contribution in [3.63, 3.8) is 0 Å². The van der Waals surface area contributed by atoms with Gasteiger partial charge in [-0.25, -0.2) is 13.4 Å². The van der Waals surface area contributed by atoms with E-state index in [0.717, 1.165) is 73.2 Å². The fourth-order valence-corrected chi connectivity index (χ4v) is 6.68. The number of methoxy groups -OCH3 is 1. The maximum absolute atomic E-state index is 13.0. The summed E-state index contributed by atoms with van der Waals surface area (Å²) < 4.78 is 32.9. The number of pyridine rings is 1. The summed E-state index contributed by atoms with van der Waals surface area (Å²) in [7, 11) is -1.84. The highest BCUT2D eigenvalue weighted by Crippen LogP contribution is 2.27. The Morgan fingerprint density at radius 3 is 2.41 bits per heavy atom. The summed E-state index contributed by atoms with van der Waals surface area (Å²) in [5, 5.41) is 3.87. The lowest BCUT2D eigenvalue weighted by Crippen LogP contribution is -2.40. The normalized spacial score (nSPS) is 17.6. The van der Waals surface area contributed by atoms with E-state index in [9.17, 15) is 13.2 Å². The van der Waals surface area contributed by atoms with Crippen molar-refractivity contribution in [3.8, 4) is 5.75 Å². The van der Waals surface area contributed by atoms with Crippen LogP contribution in [0.2, 0.25) is 0 Å². The number of aromatic nitrogens is 1. The molecule has 0 radical (unpaired) electrons. The van der Waals surface area contributed by atoms with Gasteiger partial charge in [-0.05, 0) is 73.7 Å². The maximum atomic E-state index is 13.0. The Labute approximate surface area is 218 Å². The Morgan fingerprint density at radius 1 is 0.973 bits per heavy atom. The minimum absolute atomic E-state index is 0.0162. The Morgan fingerprint density at radius 2 is 1.70 bits per heavy atom. The van der Waals surface area contributed by atoms with E-state index in [4.69, 9.17) is 9.72 Å². The van der Waals surface area contributed by atoms with E-state index in [1.807, 2.05) is 36.4 Å². The predicted octanol–water partition coefficient (Wildman–Crippen LogP) is 3.95.